The van der Waals surface area contributed by atoms with E-state index in [9.17, 15) is 0 Å². The van der Waals surface area contributed by atoms with E-state index in [2.05, 4.69) is 260 Å². The number of furan rings is 2. The zero-order valence-electron chi connectivity index (χ0n) is 44.4. The van der Waals surface area contributed by atoms with Crippen LogP contribution in [0, 0.1) is 0 Å². The summed E-state index contributed by atoms with van der Waals surface area (Å²) in [4.78, 5) is 4.93. The molecule has 0 aliphatic heterocycles. The van der Waals surface area contributed by atoms with Gasteiger partial charge in [0.2, 0.25) is 0 Å². The number of benzene rings is 9. The molecule has 368 valence electrons. The van der Waals surface area contributed by atoms with E-state index in [1.165, 1.54) is 31.6 Å². The predicted molar refractivity (Wildman–Crippen MR) is 327 cm³/mol. The Labute approximate surface area is 435 Å². The molecule has 7 heteroatoms. The van der Waals surface area contributed by atoms with Gasteiger partial charge in [-0.15, -0.1) is 0 Å². The average Bonchev–Trinajstić information content (AvgIpc) is 4.12. The van der Waals surface area contributed by atoms with Crippen molar-refractivity contribution in [3.8, 4) is 0 Å². The van der Waals surface area contributed by atoms with Crippen LogP contribution in [0.15, 0.2) is 178 Å². The molecule has 0 aliphatic carbocycles. The van der Waals surface area contributed by atoms with Crippen molar-refractivity contribution < 1.29 is 8.83 Å². The minimum atomic E-state index is -1.90. The molecule has 0 fully saturated rings. The summed E-state index contributed by atoms with van der Waals surface area (Å²) >= 11 is 1.80. The summed E-state index contributed by atoms with van der Waals surface area (Å²) in [5.74, 6) is 0. The average molecular weight is 1010 g/mol. The Balaban J connectivity index is 1.22. The van der Waals surface area contributed by atoms with Crippen molar-refractivity contribution in [2.75, 3.05) is 9.80 Å². The molecule has 0 aliphatic rings. The summed E-state index contributed by atoms with van der Waals surface area (Å²) in [6.07, 6.45) is 0. The Bertz CT molecular complexity index is 3720. The van der Waals surface area contributed by atoms with Crippen LogP contribution in [-0.2, 0) is 10.8 Å². The molecule has 0 N–H and O–H groups in total. The number of rotatable bonds is 8. The molecule has 0 radical (unpaired) electrons. The Hall–Kier alpha value is -6.91. The van der Waals surface area contributed by atoms with Crippen LogP contribution in [0.4, 0.5) is 34.1 Å². The van der Waals surface area contributed by atoms with E-state index < -0.39 is 16.1 Å². The van der Waals surface area contributed by atoms with Gasteiger partial charge in [-0.1, -0.05) is 0 Å². The van der Waals surface area contributed by atoms with Crippen molar-refractivity contribution in [3.63, 3.8) is 0 Å². The summed E-state index contributed by atoms with van der Waals surface area (Å²) in [6, 6.07) is 61.6. The van der Waals surface area contributed by atoms with Gasteiger partial charge in [-0.25, -0.2) is 0 Å². The van der Waals surface area contributed by atoms with Gasteiger partial charge in [-0.05, 0) is 0 Å². The first-order chi connectivity index (χ1) is 34.7. The van der Waals surface area contributed by atoms with Crippen molar-refractivity contribution >= 4 is 147 Å². The molecule has 0 spiro atoms. The number of para-hydroxylation sites is 2. The SMILES string of the molecule is CC(C)(C)c1ccc(N(c2ccc([SiH-](C)(C)C)cc2)c2cc3c4ccsc4c4cc(N(c5ccc(C(C)(C)C)cc5)c5ccc([SiH-](C)(C)C)cc5)c5c6ccccc6oc5c4c3c3oc4ccccc4c23)cc1. The summed E-state index contributed by atoms with van der Waals surface area (Å²) in [5.41, 5.74) is 12.6. The first kappa shape index (κ1) is 47.1. The number of hydrogen-bond donors (Lipinski definition) is 0. The first-order valence-corrected chi connectivity index (χ1v) is 35.3. The molecular formula is C66H66N2O2SSi2-2. The van der Waals surface area contributed by atoms with Crippen molar-refractivity contribution in [1.82, 2.24) is 0 Å². The van der Waals surface area contributed by atoms with E-state index in [1.807, 2.05) is 0 Å². The summed E-state index contributed by atoms with van der Waals surface area (Å²) < 4.78 is 15.9. The summed E-state index contributed by atoms with van der Waals surface area (Å²) in [7, 11) is -3.79. The minimum absolute atomic E-state index is 0.0141. The van der Waals surface area contributed by atoms with Crippen molar-refractivity contribution in [1.29, 1.82) is 0 Å². The number of anilines is 6. The van der Waals surface area contributed by atoms with E-state index in [0.29, 0.717) is 0 Å². The standard InChI is InChI=1S/C66H66N2O2SSi2/c1-65(2,3)41-21-25-43(26-22-41)67(45-29-33-47(34-30-45)72(7,8)9)54-39-52-49-37-38-71-64(49)53-40-55(68(44-27-23-42(24-28-44)66(4,5)6)46-31-35-48(36-32-46)73(10,11)12)59-51-18-14-16-20-57(51)70-63(59)61(53)60(52)62-58(54)50-17-13-15-19-56(50)69-62/h13-40,72-73H,1-12H3/q-2. The molecule has 0 unspecified atom stereocenters. The van der Waals surface area contributed by atoms with Crippen LogP contribution in [0.3, 0.4) is 0 Å². The van der Waals surface area contributed by atoms with Crippen molar-refractivity contribution in [2.45, 2.75) is 91.7 Å². The predicted octanol–water partition coefficient (Wildman–Crippen LogP) is 19.1. The van der Waals surface area contributed by atoms with Gasteiger partial charge in [0.1, 0.15) is 0 Å². The zero-order chi connectivity index (χ0) is 50.9. The van der Waals surface area contributed by atoms with Gasteiger partial charge in [-0.3, -0.25) is 0 Å². The van der Waals surface area contributed by atoms with E-state index in [0.717, 1.165) is 99.5 Å². The normalized spacial score (nSPS) is 13.4. The summed E-state index contributed by atoms with van der Waals surface area (Å²) in [5, 5.41) is 15.1. The Kier molecular flexibility index (Phi) is 10.9. The molecule has 9 aromatic carbocycles. The fourth-order valence-corrected chi connectivity index (χ4v) is 14.8. The van der Waals surface area contributed by atoms with Gasteiger partial charge < -0.3 is 0 Å². The van der Waals surface area contributed by atoms with Gasteiger partial charge in [0.15, 0.2) is 0 Å². The van der Waals surface area contributed by atoms with Crippen LogP contribution < -0.4 is 20.2 Å². The molecule has 73 heavy (non-hydrogen) atoms. The van der Waals surface area contributed by atoms with Crippen molar-refractivity contribution in [3.05, 3.63) is 180 Å². The van der Waals surface area contributed by atoms with Gasteiger partial charge in [-0.2, -0.15) is 0 Å². The van der Waals surface area contributed by atoms with E-state index in [4.69, 9.17) is 8.83 Å². The van der Waals surface area contributed by atoms with Crippen LogP contribution in [0.5, 0.6) is 0 Å². The molecule has 0 saturated heterocycles. The van der Waals surface area contributed by atoms with Gasteiger partial charge in [0, 0.05) is 0 Å². The Morgan fingerprint density at radius 1 is 0.384 bits per heavy atom. The number of fused-ring (bicyclic) bond motifs is 14. The van der Waals surface area contributed by atoms with E-state index >= 15 is 0 Å². The van der Waals surface area contributed by atoms with Gasteiger partial charge in [0.25, 0.3) is 0 Å². The van der Waals surface area contributed by atoms with Gasteiger partial charge >= 0.3 is 438 Å². The van der Waals surface area contributed by atoms with Crippen LogP contribution in [0.25, 0.3) is 75.5 Å². The fourth-order valence-electron chi connectivity index (χ4n) is 11.2. The third kappa shape index (κ3) is 7.90. The molecule has 12 aromatic rings. The third-order valence-electron chi connectivity index (χ3n) is 15.5. The molecule has 3 heterocycles. The number of nitrogens with zero attached hydrogens (tertiary/aromatic N) is 2. The molecule has 0 saturated carbocycles. The number of hydrogen-bond acceptors (Lipinski definition) is 5. The molecule has 12 rings (SSSR count). The summed E-state index contributed by atoms with van der Waals surface area (Å²) in [6.45, 7) is 28.4. The second-order valence-electron chi connectivity index (χ2n) is 25.0. The Morgan fingerprint density at radius 2 is 0.753 bits per heavy atom. The van der Waals surface area contributed by atoms with E-state index in [1.54, 1.807) is 11.3 Å². The van der Waals surface area contributed by atoms with Crippen LogP contribution >= 0.6 is 11.3 Å². The van der Waals surface area contributed by atoms with E-state index in [-0.39, 0.29) is 10.8 Å². The molecule has 0 bridgehead atoms. The molecule has 4 nitrogen and oxygen atoms in total. The Morgan fingerprint density at radius 3 is 1.15 bits per heavy atom. The molecule has 3 aromatic heterocycles. The quantitative estimate of drug-likeness (QED) is 0.112. The van der Waals surface area contributed by atoms with Gasteiger partial charge in [0.05, 0.1) is 0 Å². The topological polar surface area (TPSA) is 32.8 Å². The third-order valence-corrected chi connectivity index (χ3v) is 21.2. The van der Waals surface area contributed by atoms with Crippen LogP contribution in [-0.4, -0.2) is 16.1 Å². The van der Waals surface area contributed by atoms with Crippen molar-refractivity contribution in [2.24, 2.45) is 0 Å². The van der Waals surface area contributed by atoms with Crippen LogP contribution in [0.1, 0.15) is 52.7 Å². The molecule has 0 atom stereocenters. The first-order valence-electron chi connectivity index (χ1n) is 26.4. The second-order valence-corrected chi connectivity index (χ2v) is 37.7. The fraction of sp³-hybridized carbons (Fsp3) is 0.212. The molecule has 0 amide bonds. The maximum atomic E-state index is 7.34. The monoisotopic (exact) mass is 1010 g/mol. The molecular weight excluding hydrogens is 941 g/mol. The second kappa shape index (κ2) is 16.8. The van der Waals surface area contributed by atoms with Crippen LogP contribution in [0.2, 0.25) is 39.3 Å². The zero-order valence-corrected chi connectivity index (χ0v) is 47.6. The number of thiophene rings is 1. The maximum absolute atomic E-state index is 7.34.